The number of hydrogen-bond acceptors (Lipinski definition) is 3. The van der Waals surface area contributed by atoms with Crippen LogP contribution in [0.25, 0.3) is 0 Å². The molecule has 0 atom stereocenters. The second-order valence-electron chi connectivity index (χ2n) is 5.66. The van der Waals surface area contributed by atoms with E-state index in [4.69, 9.17) is 0 Å². The second kappa shape index (κ2) is 6.27. The molecule has 2 nitrogen and oxygen atoms in total. The Bertz CT molecular complexity index is 198. The van der Waals surface area contributed by atoms with E-state index in [1.54, 1.807) is 0 Å². The number of thioether (sulfide) groups is 1. The lowest BCUT2D eigenvalue weighted by Crippen LogP contribution is -2.38. The smallest absolute Gasteiger partial charge is 0.00716 e. The van der Waals surface area contributed by atoms with E-state index in [0.717, 1.165) is 5.25 Å². The van der Waals surface area contributed by atoms with E-state index in [1.807, 2.05) is 0 Å². The highest BCUT2D eigenvalue weighted by Gasteiger charge is 2.30. The lowest BCUT2D eigenvalue weighted by atomic mass is 9.70. The van der Waals surface area contributed by atoms with E-state index >= 15 is 0 Å². The predicted octanol–water partition coefficient (Wildman–Crippen LogP) is 2.25. The van der Waals surface area contributed by atoms with Gasteiger partial charge in [-0.3, -0.25) is 0 Å². The molecule has 2 aliphatic rings. The molecule has 1 saturated carbocycles. The SMILES string of the molecule is CC1(CNCCSC2CCNCC2)CCC1. The van der Waals surface area contributed by atoms with Crippen LogP contribution in [0.3, 0.4) is 0 Å². The summed E-state index contributed by atoms with van der Waals surface area (Å²) in [4.78, 5) is 0. The summed E-state index contributed by atoms with van der Waals surface area (Å²) in [5.41, 5.74) is 0.638. The van der Waals surface area contributed by atoms with Gasteiger partial charge in [0.25, 0.3) is 0 Å². The Kier molecular flexibility index (Phi) is 4.98. The first kappa shape index (κ1) is 12.7. The van der Waals surface area contributed by atoms with Gasteiger partial charge >= 0.3 is 0 Å². The summed E-state index contributed by atoms with van der Waals surface area (Å²) in [7, 11) is 0. The van der Waals surface area contributed by atoms with E-state index in [2.05, 4.69) is 29.3 Å². The van der Waals surface area contributed by atoms with Gasteiger partial charge in [0.1, 0.15) is 0 Å². The summed E-state index contributed by atoms with van der Waals surface area (Å²) in [5.74, 6) is 1.29. The average molecular weight is 242 g/mol. The standard InChI is InChI=1S/C13H26N2S/c1-13(5-2-6-13)11-15-9-10-16-12-3-7-14-8-4-12/h12,14-15H,2-11H2,1H3. The summed E-state index contributed by atoms with van der Waals surface area (Å²) >= 11 is 2.17. The molecule has 0 aromatic carbocycles. The Labute approximate surface area is 104 Å². The van der Waals surface area contributed by atoms with Crippen LogP contribution in [0.4, 0.5) is 0 Å². The number of rotatable bonds is 6. The van der Waals surface area contributed by atoms with Crippen LogP contribution in [0.1, 0.15) is 39.0 Å². The van der Waals surface area contributed by atoms with E-state index in [1.165, 1.54) is 64.0 Å². The highest BCUT2D eigenvalue weighted by molar-refractivity contribution is 7.99. The zero-order valence-electron chi connectivity index (χ0n) is 10.6. The fourth-order valence-corrected chi connectivity index (χ4v) is 3.77. The summed E-state index contributed by atoms with van der Waals surface area (Å²) in [6.07, 6.45) is 7.04. The van der Waals surface area contributed by atoms with Gasteiger partial charge in [0.05, 0.1) is 0 Å². The summed E-state index contributed by atoms with van der Waals surface area (Å²) in [5, 5.41) is 7.97. The minimum Gasteiger partial charge on any atom is -0.317 e. The van der Waals surface area contributed by atoms with Crippen LogP contribution in [0.15, 0.2) is 0 Å². The van der Waals surface area contributed by atoms with Gasteiger partial charge in [-0.2, -0.15) is 11.8 Å². The normalized spacial score (nSPS) is 25.3. The Balaban J connectivity index is 1.45. The molecule has 16 heavy (non-hydrogen) atoms. The maximum atomic E-state index is 3.63. The zero-order valence-corrected chi connectivity index (χ0v) is 11.4. The molecule has 0 bridgehead atoms. The molecule has 1 saturated heterocycles. The van der Waals surface area contributed by atoms with Gasteiger partial charge in [0.2, 0.25) is 0 Å². The minimum absolute atomic E-state index is 0.638. The summed E-state index contributed by atoms with van der Waals surface area (Å²) in [6, 6.07) is 0. The molecule has 2 fully saturated rings. The average Bonchev–Trinajstić information content (AvgIpc) is 2.28. The van der Waals surface area contributed by atoms with E-state index in [-0.39, 0.29) is 0 Å². The molecule has 1 aliphatic carbocycles. The van der Waals surface area contributed by atoms with Gasteiger partial charge in [-0.05, 0) is 44.2 Å². The van der Waals surface area contributed by atoms with Crippen molar-refractivity contribution >= 4 is 11.8 Å². The molecule has 1 aliphatic heterocycles. The van der Waals surface area contributed by atoms with Crippen molar-refractivity contribution in [3.8, 4) is 0 Å². The maximum absolute atomic E-state index is 3.63. The van der Waals surface area contributed by atoms with Crippen LogP contribution in [0.2, 0.25) is 0 Å². The van der Waals surface area contributed by atoms with Crippen molar-refractivity contribution in [3.63, 3.8) is 0 Å². The quantitative estimate of drug-likeness (QED) is 0.699. The number of nitrogens with one attached hydrogen (secondary N) is 2. The van der Waals surface area contributed by atoms with Crippen molar-refractivity contribution in [3.05, 3.63) is 0 Å². The lowest BCUT2D eigenvalue weighted by molar-refractivity contribution is 0.158. The molecule has 2 N–H and O–H groups in total. The molecule has 0 unspecified atom stereocenters. The molecule has 2 rings (SSSR count). The van der Waals surface area contributed by atoms with Crippen molar-refractivity contribution in [1.29, 1.82) is 0 Å². The lowest BCUT2D eigenvalue weighted by Gasteiger charge is -2.38. The molecule has 0 amide bonds. The molecular formula is C13H26N2S. The van der Waals surface area contributed by atoms with Crippen LogP contribution in [0, 0.1) is 5.41 Å². The predicted molar refractivity (Wildman–Crippen MR) is 73.2 cm³/mol. The number of hydrogen-bond donors (Lipinski definition) is 2. The van der Waals surface area contributed by atoms with Crippen molar-refractivity contribution in [2.75, 3.05) is 31.9 Å². The van der Waals surface area contributed by atoms with Crippen LogP contribution in [0.5, 0.6) is 0 Å². The third kappa shape index (κ3) is 3.94. The van der Waals surface area contributed by atoms with Gasteiger partial charge in [-0.15, -0.1) is 0 Å². The summed E-state index contributed by atoms with van der Waals surface area (Å²) < 4.78 is 0. The fourth-order valence-electron chi connectivity index (χ4n) is 2.61. The zero-order chi connectivity index (χ0) is 11.3. The van der Waals surface area contributed by atoms with Gasteiger partial charge in [0.15, 0.2) is 0 Å². The molecule has 3 heteroatoms. The van der Waals surface area contributed by atoms with Crippen molar-refractivity contribution in [2.24, 2.45) is 5.41 Å². The van der Waals surface area contributed by atoms with E-state index < -0.39 is 0 Å². The largest absolute Gasteiger partial charge is 0.317 e. The first-order chi connectivity index (χ1) is 7.79. The second-order valence-corrected chi connectivity index (χ2v) is 7.07. The van der Waals surface area contributed by atoms with Crippen LogP contribution < -0.4 is 10.6 Å². The Morgan fingerprint density at radius 2 is 2.06 bits per heavy atom. The summed E-state index contributed by atoms with van der Waals surface area (Å²) in [6.45, 7) is 7.31. The van der Waals surface area contributed by atoms with Crippen molar-refractivity contribution in [1.82, 2.24) is 10.6 Å². The highest BCUT2D eigenvalue weighted by atomic mass is 32.2. The van der Waals surface area contributed by atoms with Crippen LogP contribution in [-0.4, -0.2) is 37.2 Å². The Hall–Kier alpha value is 0.270. The monoisotopic (exact) mass is 242 g/mol. The highest BCUT2D eigenvalue weighted by Crippen LogP contribution is 2.39. The van der Waals surface area contributed by atoms with Gasteiger partial charge in [0, 0.05) is 24.1 Å². The molecule has 94 valence electrons. The molecule has 0 spiro atoms. The topological polar surface area (TPSA) is 24.1 Å². The number of piperidine rings is 1. The van der Waals surface area contributed by atoms with Gasteiger partial charge in [-0.1, -0.05) is 13.3 Å². The van der Waals surface area contributed by atoms with Gasteiger partial charge < -0.3 is 10.6 Å². The van der Waals surface area contributed by atoms with E-state index in [0.29, 0.717) is 5.41 Å². The van der Waals surface area contributed by atoms with Crippen molar-refractivity contribution < 1.29 is 0 Å². The molecule has 0 aromatic rings. The third-order valence-electron chi connectivity index (χ3n) is 4.03. The molecule has 1 heterocycles. The van der Waals surface area contributed by atoms with Crippen LogP contribution >= 0.6 is 11.8 Å². The van der Waals surface area contributed by atoms with Gasteiger partial charge in [-0.25, -0.2) is 0 Å². The first-order valence-corrected chi connectivity index (χ1v) is 7.86. The maximum Gasteiger partial charge on any atom is 0.00716 e. The Morgan fingerprint density at radius 1 is 1.31 bits per heavy atom. The molecule has 0 aromatic heterocycles. The minimum atomic E-state index is 0.638. The van der Waals surface area contributed by atoms with E-state index in [9.17, 15) is 0 Å². The Morgan fingerprint density at radius 3 is 2.69 bits per heavy atom. The third-order valence-corrected chi connectivity index (χ3v) is 5.41. The van der Waals surface area contributed by atoms with Crippen LogP contribution in [-0.2, 0) is 0 Å². The first-order valence-electron chi connectivity index (χ1n) is 6.82. The fraction of sp³-hybridized carbons (Fsp3) is 1.00. The molecular weight excluding hydrogens is 216 g/mol. The van der Waals surface area contributed by atoms with Crippen molar-refractivity contribution in [2.45, 2.75) is 44.3 Å². The molecule has 0 radical (unpaired) electrons.